The number of likely N-dealkylation sites (N-methyl/N-ethyl adjacent to an activating group) is 1. The van der Waals surface area contributed by atoms with Gasteiger partial charge in [-0.25, -0.2) is 9.97 Å². The van der Waals surface area contributed by atoms with Gasteiger partial charge in [0.1, 0.15) is 0 Å². The molecule has 4 rings (SSSR count). The number of hydrogen-bond donors (Lipinski definition) is 2. The highest BCUT2D eigenvalue weighted by Gasteiger charge is 2.19. The summed E-state index contributed by atoms with van der Waals surface area (Å²) >= 11 is 1.58. The summed E-state index contributed by atoms with van der Waals surface area (Å²) in [7, 11) is 2.14. The van der Waals surface area contributed by atoms with Crippen LogP contribution in [0, 0.1) is 0 Å². The fourth-order valence-corrected chi connectivity index (χ4v) is 4.33. The summed E-state index contributed by atoms with van der Waals surface area (Å²) in [6.07, 6.45) is 1.90. The maximum Gasteiger partial charge on any atom is 0.238 e. The first-order valence-corrected chi connectivity index (χ1v) is 11.1. The van der Waals surface area contributed by atoms with Crippen LogP contribution >= 0.6 is 11.8 Å². The Morgan fingerprint density at radius 2 is 1.87 bits per heavy atom. The maximum absolute atomic E-state index is 11.6. The standard InChI is InChI=1S/C23H26N6OS/c1-28-10-12-29(13-11-28)23-25-16-20(22(27-23)17-6-3-2-4-7-17)31-19-9-5-8-18(14-19)26-21(30)15-24/h2-9,14,16H,10-13,15,24H2,1H3,(H,26,30). The van der Waals surface area contributed by atoms with E-state index in [-0.39, 0.29) is 12.5 Å². The number of nitrogens with one attached hydrogen (secondary N) is 1. The number of nitrogens with zero attached hydrogens (tertiary/aromatic N) is 4. The van der Waals surface area contributed by atoms with Gasteiger partial charge in [0.15, 0.2) is 0 Å². The third kappa shape index (κ3) is 5.41. The number of amides is 1. The number of anilines is 2. The molecule has 0 radical (unpaired) electrons. The summed E-state index contributed by atoms with van der Waals surface area (Å²) in [4.78, 5) is 27.8. The number of rotatable bonds is 6. The van der Waals surface area contributed by atoms with E-state index < -0.39 is 0 Å². The Kier molecular flexibility index (Phi) is 6.81. The van der Waals surface area contributed by atoms with Crippen molar-refractivity contribution in [1.29, 1.82) is 0 Å². The number of aromatic nitrogens is 2. The van der Waals surface area contributed by atoms with Gasteiger partial charge in [0.05, 0.1) is 17.1 Å². The molecule has 1 fully saturated rings. The van der Waals surface area contributed by atoms with E-state index in [4.69, 9.17) is 10.7 Å². The quantitative estimate of drug-likeness (QED) is 0.617. The van der Waals surface area contributed by atoms with Crippen molar-refractivity contribution in [1.82, 2.24) is 14.9 Å². The lowest BCUT2D eigenvalue weighted by Crippen LogP contribution is -2.45. The molecular formula is C23H26N6OS. The second-order valence-corrected chi connectivity index (χ2v) is 8.54. The molecule has 2 aromatic carbocycles. The summed E-state index contributed by atoms with van der Waals surface area (Å²) in [5.41, 5.74) is 8.09. The molecule has 1 aliphatic heterocycles. The predicted molar refractivity (Wildman–Crippen MR) is 125 cm³/mol. The average Bonchev–Trinajstić information content (AvgIpc) is 2.80. The van der Waals surface area contributed by atoms with Gasteiger partial charge in [0, 0.05) is 48.5 Å². The van der Waals surface area contributed by atoms with Gasteiger partial charge in [0.2, 0.25) is 11.9 Å². The van der Waals surface area contributed by atoms with Crippen LogP contribution in [-0.4, -0.2) is 60.5 Å². The molecule has 1 aromatic heterocycles. The molecular weight excluding hydrogens is 408 g/mol. The summed E-state index contributed by atoms with van der Waals surface area (Å²) in [5.74, 6) is 0.548. The van der Waals surface area contributed by atoms with Crippen LogP contribution in [0.1, 0.15) is 0 Å². The van der Waals surface area contributed by atoms with Gasteiger partial charge in [0.25, 0.3) is 0 Å². The minimum absolute atomic E-state index is 0.0445. The molecule has 8 heteroatoms. The average molecular weight is 435 g/mol. The van der Waals surface area contributed by atoms with Crippen molar-refractivity contribution in [2.75, 3.05) is 50.0 Å². The van der Waals surface area contributed by atoms with Crippen molar-refractivity contribution in [2.45, 2.75) is 9.79 Å². The van der Waals surface area contributed by atoms with E-state index in [0.29, 0.717) is 0 Å². The minimum Gasteiger partial charge on any atom is -0.338 e. The Morgan fingerprint density at radius 1 is 1.10 bits per heavy atom. The lowest BCUT2D eigenvalue weighted by molar-refractivity contribution is -0.114. The van der Waals surface area contributed by atoms with Crippen LogP contribution in [0.15, 0.2) is 70.6 Å². The van der Waals surface area contributed by atoms with Crippen molar-refractivity contribution in [3.05, 3.63) is 60.8 Å². The summed E-state index contributed by atoms with van der Waals surface area (Å²) in [6.45, 7) is 3.79. The maximum atomic E-state index is 11.6. The number of hydrogen-bond acceptors (Lipinski definition) is 7. The Morgan fingerprint density at radius 3 is 2.61 bits per heavy atom. The fraction of sp³-hybridized carbons (Fsp3) is 0.261. The number of carbonyl (C=O) groups is 1. The lowest BCUT2D eigenvalue weighted by atomic mass is 10.1. The van der Waals surface area contributed by atoms with E-state index in [1.165, 1.54) is 0 Å². The Labute approximate surface area is 186 Å². The Bertz CT molecular complexity index is 1040. The Balaban J connectivity index is 1.64. The molecule has 0 saturated carbocycles. The third-order valence-corrected chi connectivity index (χ3v) is 6.12. The third-order valence-electron chi connectivity index (χ3n) is 5.11. The van der Waals surface area contributed by atoms with Crippen molar-refractivity contribution in [2.24, 2.45) is 5.73 Å². The second kappa shape index (κ2) is 9.91. The molecule has 0 unspecified atom stereocenters. The van der Waals surface area contributed by atoms with Gasteiger partial charge >= 0.3 is 0 Å². The molecule has 160 valence electrons. The Hall–Kier alpha value is -2.94. The van der Waals surface area contributed by atoms with Crippen molar-refractivity contribution >= 4 is 29.3 Å². The van der Waals surface area contributed by atoms with Gasteiger partial charge < -0.3 is 20.9 Å². The molecule has 0 bridgehead atoms. The zero-order valence-corrected chi connectivity index (χ0v) is 18.3. The van der Waals surface area contributed by atoms with Crippen LogP contribution < -0.4 is 16.0 Å². The highest BCUT2D eigenvalue weighted by Crippen LogP contribution is 2.36. The summed E-state index contributed by atoms with van der Waals surface area (Å²) in [5, 5.41) is 2.80. The smallest absolute Gasteiger partial charge is 0.238 e. The molecule has 1 saturated heterocycles. The monoisotopic (exact) mass is 434 g/mol. The highest BCUT2D eigenvalue weighted by atomic mass is 32.2. The van der Waals surface area contributed by atoms with Gasteiger partial charge in [-0.2, -0.15) is 0 Å². The van der Waals surface area contributed by atoms with Gasteiger partial charge in [-0.3, -0.25) is 4.79 Å². The van der Waals surface area contributed by atoms with E-state index in [9.17, 15) is 4.79 Å². The first-order chi connectivity index (χ1) is 15.1. The van der Waals surface area contributed by atoms with E-state index in [2.05, 4.69) is 39.3 Å². The predicted octanol–water partition coefficient (Wildman–Crippen LogP) is 2.94. The van der Waals surface area contributed by atoms with Crippen LogP contribution in [0.4, 0.5) is 11.6 Å². The van der Waals surface area contributed by atoms with Crippen LogP contribution in [0.2, 0.25) is 0 Å². The number of benzene rings is 2. The molecule has 3 N–H and O–H groups in total. The van der Waals surface area contributed by atoms with Crippen LogP contribution in [0.25, 0.3) is 11.3 Å². The molecule has 0 spiro atoms. The number of piperazine rings is 1. The second-order valence-electron chi connectivity index (χ2n) is 7.42. The van der Waals surface area contributed by atoms with E-state index in [1.54, 1.807) is 11.8 Å². The molecule has 3 aromatic rings. The summed E-state index contributed by atoms with van der Waals surface area (Å²) in [6, 6.07) is 17.9. The molecule has 7 nitrogen and oxygen atoms in total. The largest absolute Gasteiger partial charge is 0.338 e. The lowest BCUT2D eigenvalue weighted by Gasteiger charge is -2.32. The molecule has 31 heavy (non-hydrogen) atoms. The molecule has 1 aliphatic rings. The van der Waals surface area contributed by atoms with Gasteiger partial charge in [-0.15, -0.1) is 0 Å². The summed E-state index contributed by atoms with van der Waals surface area (Å²) < 4.78 is 0. The van der Waals surface area contributed by atoms with Crippen LogP contribution in [0.5, 0.6) is 0 Å². The van der Waals surface area contributed by atoms with Gasteiger partial charge in [-0.05, 0) is 25.2 Å². The van der Waals surface area contributed by atoms with E-state index in [1.807, 2.05) is 48.7 Å². The zero-order chi connectivity index (χ0) is 21.6. The van der Waals surface area contributed by atoms with Crippen LogP contribution in [0.3, 0.4) is 0 Å². The first-order valence-electron chi connectivity index (χ1n) is 10.3. The molecule has 1 amide bonds. The SMILES string of the molecule is CN1CCN(c2ncc(Sc3cccc(NC(=O)CN)c3)c(-c3ccccc3)n2)CC1. The minimum atomic E-state index is -0.216. The molecule has 0 aliphatic carbocycles. The number of nitrogens with two attached hydrogens (primary N) is 1. The zero-order valence-electron chi connectivity index (χ0n) is 17.5. The molecule has 0 atom stereocenters. The van der Waals surface area contributed by atoms with Crippen molar-refractivity contribution in [3.8, 4) is 11.3 Å². The number of carbonyl (C=O) groups excluding carboxylic acids is 1. The molecule has 2 heterocycles. The van der Waals surface area contributed by atoms with Gasteiger partial charge in [-0.1, -0.05) is 48.2 Å². The van der Waals surface area contributed by atoms with E-state index in [0.717, 1.165) is 58.9 Å². The normalized spacial score (nSPS) is 14.5. The van der Waals surface area contributed by atoms with E-state index >= 15 is 0 Å². The highest BCUT2D eigenvalue weighted by molar-refractivity contribution is 7.99. The van der Waals surface area contributed by atoms with Crippen molar-refractivity contribution in [3.63, 3.8) is 0 Å². The first kappa shape index (κ1) is 21.3. The topological polar surface area (TPSA) is 87.4 Å². The van der Waals surface area contributed by atoms with Crippen molar-refractivity contribution < 1.29 is 4.79 Å². The fourth-order valence-electron chi connectivity index (χ4n) is 3.37. The van der Waals surface area contributed by atoms with Crippen LogP contribution in [-0.2, 0) is 4.79 Å².